The SMILES string of the molecule is CN1C(=O)C(c2ccccc2)NC(=O)C1C(C)(C)C. The molecule has 2 atom stereocenters. The third-order valence-electron chi connectivity index (χ3n) is 3.47. The standard InChI is InChI=1S/C15H20N2O2/c1-15(2,3)12-13(18)16-11(14(19)17(12)4)10-8-6-5-7-9-10/h5-9,11-12H,1-4H3,(H,16,18). The Kier molecular flexibility index (Phi) is 3.35. The fourth-order valence-corrected chi connectivity index (χ4v) is 2.64. The molecule has 1 N–H and O–H groups in total. The van der Waals surface area contributed by atoms with E-state index in [1.807, 2.05) is 51.1 Å². The summed E-state index contributed by atoms with van der Waals surface area (Å²) >= 11 is 0. The molecular weight excluding hydrogens is 240 g/mol. The predicted molar refractivity (Wildman–Crippen MR) is 73.3 cm³/mol. The number of rotatable bonds is 1. The average Bonchev–Trinajstić information content (AvgIpc) is 2.33. The van der Waals surface area contributed by atoms with Gasteiger partial charge in [0.1, 0.15) is 12.1 Å². The molecule has 0 aliphatic carbocycles. The first-order chi connectivity index (χ1) is 8.82. The van der Waals surface area contributed by atoms with Crippen molar-refractivity contribution < 1.29 is 9.59 Å². The van der Waals surface area contributed by atoms with Crippen molar-refractivity contribution in [2.75, 3.05) is 7.05 Å². The monoisotopic (exact) mass is 260 g/mol. The molecule has 2 amide bonds. The van der Waals surface area contributed by atoms with Crippen LogP contribution in [-0.4, -0.2) is 29.8 Å². The van der Waals surface area contributed by atoms with Crippen molar-refractivity contribution in [2.45, 2.75) is 32.9 Å². The van der Waals surface area contributed by atoms with E-state index in [2.05, 4.69) is 5.32 Å². The van der Waals surface area contributed by atoms with Gasteiger partial charge in [0.05, 0.1) is 0 Å². The van der Waals surface area contributed by atoms with Gasteiger partial charge in [0.2, 0.25) is 11.8 Å². The summed E-state index contributed by atoms with van der Waals surface area (Å²) in [6.45, 7) is 5.89. The number of amides is 2. The Labute approximate surface area is 113 Å². The van der Waals surface area contributed by atoms with E-state index in [0.717, 1.165) is 5.56 Å². The largest absolute Gasteiger partial charge is 0.339 e. The summed E-state index contributed by atoms with van der Waals surface area (Å²) in [5, 5.41) is 2.84. The van der Waals surface area contributed by atoms with Crippen molar-refractivity contribution in [3.63, 3.8) is 0 Å². The summed E-state index contributed by atoms with van der Waals surface area (Å²) in [6.07, 6.45) is 0. The maximum absolute atomic E-state index is 12.4. The van der Waals surface area contributed by atoms with Crippen molar-refractivity contribution in [1.29, 1.82) is 0 Å². The molecule has 1 saturated heterocycles. The molecule has 1 aliphatic heterocycles. The van der Waals surface area contributed by atoms with E-state index >= 15 is 0 Å². The Bertz CT molecular complexity index is 491. The zero-order valence-electron chi connectivity index (χ0n) is 11.8. The number of piperazine rings is 1. The maximum Gasteiger partial charge on any atom is 0.250 e. The van der Waals surface area contributed by atoms with Gasteiger partial charge in [-0.1, -0.05) is 51.1 Å². The van der Waals surface area contributed by atoms with E-state index in [1.165, 1.54) is 0 Å². The number of likely N-dealkylation sites (N-methyl/N-ethyl adjacent to an activating group) is 1. The van der Waals surface area contributed by atoms with Crippen molar-refractivity contribution in [3.8, 4) is 0 Å². The average molecular weight is 260 g/mol. The Hall–Kier alpha value is -1.84. The van der Waals surface area contributed by atoms with Crippen molar-refractivity contribution in [1.82, 2.24) is 10.2 Å². The highest BCUT2D eigenvalue weighted by molar-refractivity contribution is 5.97. The second kappa shape index (κ2) is 4.68. The van der Waals surface area contributed by atoms with Crippen molar-refractivity contribution in [3.05, 3.63) is 35.9 Å². The molecule has 19 heavy (non-hydrogen) atoms. The number of nitrogens with zero attached hydrogens (tertiary/aromatic N) is 1. The number of carbonyl (C=O) groups is 2. The molecule has 0 bridgehead atoms. The Balaban J connectivity index is 2.31. The second-order valence-electron chi connectivity index (χ2n) is 6.07. The van der Waals surface area contributed by atoms with Crippen LogP contribution in [0.2, 0.25) is 0 Å². The molecule has 102 valence electrons. The van der Waals surface area contributed by atoms with Gasteiger partial charge < -0.3 is 10.2 Å². The molecule has 0 radical (unpaired) electrons. The van der Waals surface area contributed by atoms with E-state index in [1.54, 1.807) is 11.9 Å². The molecule has 4 nitrogen and oxygen atoms in total. The van der Waals surface area contributed by atoms with Crippen LogP contribution in [0.4, 0.5) is 0 Å². The second-order valence-corrected chi connectivity index (χ2v) is 6.07. The van der Waals surface area contributed by atoms with Gasteiger partial charge >= 0.3 is 0 Å². The van der Waals surface area contributed by atoms with Crippen LogP contribution in [0.25, 0.3) is 0 Å². The lowest BCUT2D eigenvalue weighted by Crippen LogP contribution is -2.62. The number of nitrogens with one attached hydrogen (secondary N) is 1. The first-order valence-corrected chi connectivity index (χ1v) is 6.44. The van der Waals surface area contributed by atoms with Crippen LogP contribution in [-0.2, 0) is 9.59 Å². The van der Waals surface area contributed by atoms with Gasteiger partial charge in [-0.3, -0.25) is 9.59 Å². The molecule has 2 unspecified atom stereocenters. The third kappa shape index (κ3) is 2.48. The zero-order chi connectivity index (χ0) is 14.2. The summed E-state index contributed by atoms with van der Waals surface area (Å²) in [4.78, 5) is 26.3. The minimum atomic E-state index is -0.572. The molecule has 0 spiro atoms. The fraction of sp³-hybridized carbons (Fsp3) is 0.467. The highest BCUT2D eigenvalue weighted by Crippen LogP contribution is 2.30. The van der Waals surface area contributed by atoms with E-state index in [0.29, 0.717) is 0 Å². The predicted octanol–water partition coefficient (Wildman–Crippen LogP) is 1.73. The number of hydrogen-bond acceptors (Lipinski definition) is 2. The van der Waals surface area contributed by atoms with Gasteiger partial charge in [-0.2, -0.15) is 0 Å². The first-order valence-electron chi connectivity index (χ1n) is 6.44. The van der Waals surface area contributed by atoms with Crippen LogP contribution >= 0.6 is 0 Å². The van der Waals surface area contributed by atoms with Gasteiger partial charge in [0.25, 0.3) is 0 Å². The molecule has 1 fully saturated rings. The summed E-state index contributed by atoms with van der Waals surface area (Å²) in [5.41, 5.74) is 0.538. The Morgan fingerprint density at radius 2 is 1.68 bits per heavy atom. The van der Waals surface area contributed by atoms with Gasteiger partial charge in [-0.15, -0.1) is 0 Å². The maximum atomic E-state index is 12.4. The molecule has 1 aromatic rings. The Morgan fingerprint density at radius 1 is 1.11 bits per heavy atom. The van der Waals surface area contributed by atoms with E-state index in [9.17, 15) is 9.59 Å². The van der Waals surface area contributed by atoms with Crippen LogP contribution < -0.4 is 5.32 Å². The normalized spacial score (nSPS) is 24.3. The van der Waals surface area contributed by atoms with Gasteiger partial charge in [0.15, 0.2) is 0 Å². The lowest BCUT2D eigenvalue weighted by Gasteiger charge is -2.42. The molecular formula is C15H20N2O2. The van der Waals surface area contributed by atoms with Gasteiger partial charge in [-0.05, 0) is 11.0 Å². The fourth-order valence-electron chi connectivity index (χ4n) is 2.64. The van der Waals surface area contributed by atoms with E-state index in [-0.39, 0.29) is 17.2 Å². The summed E-state index contributed by atoms with van der Waals surface area (Å²) in [5.74, 6) is -0.158. The van der Waals surface area contributed by atoms with Crippen LogP contribution in [0.3, 0.4) is 0 Å². The molecule has 1 heterocycles. The number of carbonyl (C=O) groups excluding carboxylic acids is 2. The van der Waals surface area contributed by atoms with Crippen LogP contribution in [0.5, 0.6) is 0 Å². The topological polar surface area (TPSA) is 49.4 Å². The molecule has 4 heteroatoms. The smallest absolute Gasteiger partial charge is 0.250 e. The number of benzene rings is 1. The van der Waals surface area contributed by atoms with Crippen molar-refractivity contribution in [2.24, 2.45) is 5.41 Å². The van der Waals surface area contributed by atoms with Gasteiger partial charge in [-0.25, -0.2) is 0 Å². The molecule has 1 aromatic carbocycles. The van der Waals surface area contributed by atoms with Crippen molar-refractivity contribution >= 4 is 11.8 Å². The minimum absolute atomic E-state index is 0.0641. The van der Waals surface area contributed by atoms with Crippen LogP contribution in [0.1, 0.15) is 32.4 Å². The van der Waals surface area contributed by atoms with Crippen LogP contribution in [0.15, 0.2) is 30.3 Å². The van der Waals surface area contributed by atoms with Crippen LogP contribution in [0, 0.1) is 5.41 Å². The quantitative estimate of drug-likeness (QED) is 0.836. The van der Waals surface area contributed by atoms with E-state index in [4.69, 9.17) is 0 Å². The molecule has 0 saturated carbocycles. The Morgan fingerprint density at radius 3 is 2.21 bits per heavy atom. The first kappa shape index (κ1) is 13.6. The molecule has 1 aliphatic rings. The van der Waals surface area contributed by atoms with Gasteiger partial charge in [0, 0.05) is 7.05 Å². The molecule has 2 rings (SSSR count). The summed E-state index contributed by atoms with van der Waals surface area (Å²) in [7, 11) is 1.70. The van der Waals surface area contributed by atoms with E-state index < -0.39 is 12.1 Å². The lowest BCUT2D eigenvalue weighted by molar-refractivity contribution is -0.152. The third-order valence-corrected chi connectivity index (χ3v) is 3.47. The summed E-state index contributed by atoms with van der Waals surface area (Å²) in [6, 6.07) is 8.33. The molecule has 0 aromatic heterocycles. The highest BCUT2D eigenvalue weighted by Gasteiger charge is 2.44. The lowest BCUT2D eigenvalue weighted by atomic mass is 9.83. The zero-order valence-corrected chi connectivity index (χ0v) is 11.8. The minimum Gasteiger partial charge on any atom is -0.339 e. The number of hydrogen-bond donors (Lipinski definition) is 1. The summed E-state index contributed by atoms with van der Waals surface area (Å²) < 4.78 is 0. The highest BCUT2D eigenvalue weighted by atomic mass is 16.2.